The van der Waals surface area contributed by atoms with E-state index >= 15 is 0 Å². The van der Waals surface area contributed by atoms with Gasteiger partial charge in [-0.2, -0.15) is 0 Å². The molecule has 0 aliphatic carbocycles. The van der Waals surface area contributed by atoms with E-state index in [4.69, 9.17) is 4.74 Å². The summed E-state index contributed by atoms with van der Waals surface area (Å²) in [6.45, 7) is 5.64. The monoisotopic (exact) mass is 169 g/mol. The molecule has 2 fully saturated rings. The molecule has 0 aromatic rings. The lowest BCUT2D eigenvalue weighted by Crippen LogP contribution is -2.67. The van der Waals surface area contributed by atoms with Gasteiger partial charge >= 0.3 is 0 Å². The molecule has 1 spiro atoms. The number of hydrogen-bond donors (Lipinski definition) is 0. The van der Waals surface area contributed by atoms with Crippen LogP contribution in [-0.4, -0.2) is 37.1 Å². The Kier molecular flexibility index (Phi) is 1.83. The lowest BCUT2D eigenvalue weighted by molar-refractivity contribution is -0.195. The lowest BCUT2D eigenvalue weighted by atomic mass is 9.78. The standard InChI is InChI=1S/C9H15NO2/c1-2-3-8(11)10-4-9(5-10)6-12-7-9/h2-7H2,1H3. The van der Waals surface area contributed by atoms with Crippen molar-refractivity contribution in [3.8, 4) is 0 Å². The molecule has 2 saturated heterocycles. The molecule has 0 saturated carbocycles. The Balaban J connectivity index is 1.76. The Labute approximate surface area is 72.7 Å². The van der Waals surface area contributed by atoms with Crippen molar-refractivity contribution in [3.63, 3.8) is 0 Å². The lowest BCUT2D eigenvalue weighted by Gasteiger charge is -2.55. The van der Waals surface area contributed by atoms with Crippen molar-refractivity contribution in [3.05, 3.63) is 0 Å². The van der Waals surface area contributed by atoms with Gasteiger partial charge in [0.05, 0.1) is 18.6 Å². The molecule has 0 aromatic carbocycles. The van der Waals surface area contributed by atoms with Gasteiger partial charge in [-0.25, -0.2) is 0 Å². The Morgan fingerprint density at radius 2 is 2.17 bits per heavy atom. The zero-order valence-electron chi connectivity index (χ0n) is 7.51. The molecule has 0 atom stereocenters. The highest BCUT2D eigenvalue weighted by Crippen LogP contribution is 2.37. The number of hydrogen-bond acceptors (Lipinski definition) is 2. The van der Waals surface area contributed by atoms with Crippen LogP contribution < -0.4 is 0 Å². The third-order valence-corrected chi connectivity index (χ3v) is 2.69. The smallest absolute Gasteiger partial charge is 0.222 e. The number of nitrogens with zero attached hydrogens (tertiary/aromatic N) is 1. The maximum Gasteiger partial charge on any atom is 0.222 e. The van der Waals surface area contributed by atoms with E-state index in [1.54, 1.807) is 0 Å². The van der Waals surface area contributed by atoms with E-state index < -0.39 is 0 Å². The van der Waals surface area contributed by atoms with Crippen LogP contribution in [0.3, 0.4) is 0 Å². The van der Waals surface area contributed by atoms with Crippen molar-refractivity contribution in [1.29, 1.82) is 0 Å². The normalized spacial score (nSPS) is 24.9. The van der Waals surface area contributed by atoms with Crippen LogP contribution in [0.25, 0.3) is 0 Å². The minimum atomic E-state index is 0.315. The predicted octanol–water partition coefficient (Wildman–Crippen LogP) is 0.645. The molecular formula is C9H15NO2. The molecule has 0 N–H and O–H groups in total. The van der Waals surface area contributed by atoms with Gasteiger partial charge in [0.2, 0.25) is 5.91 Å². The highest BCUT2D eigenvalue weighted by atomic mass is 16.5. The van der Waals surface area contributed by atoms with Crippen LogP contribution in [0.1, 0.15) is 19.8 Å². The maximum atomic E-state index is 11.3. The minimum Gasteiger partial charge on any atom is -0.380 e. The topological polar surface area (TPSA) is 29.5 Å². The Bertz CT molecular complexity index is 191. The fraction of sp³-hybridized carbons (Fsp3) is 0.889. The molecule has 0 aromatic heterocycles. The van der Waals surface area contributed by atoms with Crippen LogP contribution in [0.5, 0.6) is 0 Å². The van der Waals surface area contributed by atoms with E-state index in [9.17, 15) is 4.79 Å². The van der Waals surface area contributed by atoms with Gasteiger partial charge in [0.15, 0.2) is 0 Å². The second kappa shape index (κ2) is 2.73. The number of ether oxygens (including phenoxy) is 1. The van der Waals surface area contributed by atoms with Gasteiger partial charge in [-0.1, -0.05) is 6.92 Å². The summed E-state index contributed by atoms with van der Waals surface area (Å²) in [6.07, 6.45) is 1.66. The molecule has 3 nitrogen and oxygen atoms in total. The van der Waals surface area contributed by atoms with E-state index in [0.717, 1.165) is 32.7 Å². The first-order valence-corrected chi connectivity index (χ1v) is 4.61. The first-order valence-electron chi connectivity index (χ1n) is 4.61. The highest BCUT2D eigenvalue weighted by Gasteiger charge is 2.50. The molecule has 0 unspecified atom stereocenters. The fourth-order valence-electron chi connectivity index (χ4n) is 1.89. The number of amides is 1. The molecule has 2 heterocycles. The number of rotatable bonds is 2. The Morgan fingerprint density at radius 1 is 1.50 bits per heavy atom. The predicted molar refractivity (Wildman–Crippen MR) is 44.7 cm³/mol. The summed E-state index contributed by atoms with van der Waals surface area (Å²) in [4.78, 5) is 13.3. The first kappa shape index (κ1) is 8.05. The van der Waals surface area contributed by atoms with Gasteiger partial charge in [-0.15, -0.1) is 0 Å². The first-order chi connectivity index (χ1) is 5.76. The molecular weight excluding hydrogens is 154 g/mol. The number of carbonyl (C=O) groups is 1. The van der Waals surface area contributed by atoms with Gasteiger partial charge in [-0.3, -0.25) is 4.79 Å². The molecule has 2 aliphatic heterocycles. The van der Waals surface area contributed by atoms with Crippen LogP contribution in [0.2, 0.25) is 0 Å². The zero-order valence-corrected chi connectivity index (χ0v) is 7.51. The molecule has 68 valence electrons. The summed E-state index contributed by atoms with van der Waals surface area (Å²) >= 11 is 0. The van der Waals surface area contributed by atoms with Crippen molar-refractivity contribution in [2.75, 3.05) is 26.3 Å². The Hall–Kier alpha value is -0.570. The molecule has 0 bridgehead atoms. The zero-order chi connectivity index (χ0) is 8.60. The van der Waals surface area contributed by atoms with Crippen molar-refractivity contribution in [2.24, 2.45) is 5.41 Å². The summed E-state index contributed by atoms with van der Waals surface area (Å²) in [7, 11) is 0. The number of likely N-dealkylation sites (tertiary alicyclic amines) is 1. The highest BCUT2D eigenvalue weighted by molar-refractivity contribution is 5.77. The van der Waals surface area contributed by atoms with Crippen LogP contribution >= 0.6 is 0 Å². The summed E-state index contributed by atoms with van der Waals surface area (Å²) in [5, 5.41) is 0. The second-order valence-electron chi connectivity index (χ2n) is 3.99. The van der Waals surface area contributed by atoms with E-state index in [1.165, 1.54) is 0 Å². The third kappa shape index (κ3) is 1.12. The average molecular weight is 169 g/mol. The largest absolute Gasteiger partial charge is 0.380 e. The van der Waals surface area contributed by atoms with Gasteiger partial charge in [-0.05, 0) is 6.42 Å². The molecule has 0 radical (unpaired) electrons. The number of carbonyl (C=O) groups excluding carboxylic acids is 1. The molecule has 2 aliphatic rings. The Morgan fingerprint density at radius 3 is 2.58 bits per heavy atom. The van der Waals surface area contributed by atoms with Crippen molar-refractivity contribution < 1.29 is 9.53 Å². The van der Waals surface area contributed by atoms with E-state index in [1.807, 2.05) is 11.8 Å². The van der Waals surface area contributed by atoms with Crippen LogP contribution in [-0.2, 0) is 9.53 Å². The van der Waals surface area contributed by atoms with Crippen LogP contribution in [0.4, 0.5) is 0 Å². The van der Waals surface area contributed by atoms with Crippen LogP contribution in [0.15, 0.2) is 0 Å². The van der Waals surface area contributed by atoms with E-state index in [-0.39, 0.29) is 0 Å². The third-order valence-electron chi connectivity index (χ3n) is 2.69. The van der Waals surface area contributed by atoms with Crippen molar-refractivity contribution in [1.82, 2.24) is 4.90 Å². The minimum absolute atomic E-state index is 0.315. The quantitative estimate of drug-likeness (QED) is 0.607. The summed E-state index contributed by atoms with van der Waals surface area (Å²) < 4.78 is 5.13. The SMILES string of the molecule is CCCC(=O)N1CC2(COC2)C1. The van der Waals surface area contributed by atoms with E-state index in [2.05, 4.69) is 0 Å². The van der Waals surface area contributed by atoms with E-state index in [0.29, 0.717) is 17.7 Å². The second-order valence-corrected chi connectivity index (χ2v) is 3.99. The maximum absolute atomic E-state index is 11.3. The van der Waals surface area contributed by atoms with Crippen molar-refractivity contribution in [2.45, 2.75) is 19.8 Å². The summed E-state index contributed by atoms with van der Waals surface area (Å²) in [5.41, 5.74) is 0.378. The van der Waals surface area contributed by atoms with Gasteiger partial charge in [0.1, 0.15) is 0 Å². The molecule has 3 heteroatoms. The van der Waals surface area contributed by atoms with Crippen LogP contribution in [0, 0.1) is 5.41 Å². The molecule has 2 rings (SSSR count). The fourth-order valence-corrected chi connectivity index (χ4v) is 1.89. The van der Waals surface area contributed by atoms with Gasteiger partial charge in [0.25, 0.3) is 0 Å². The van der Waals surface area contributed by atoms with Gasteiger partial charge in [0, 0.05) is 19.5 Å². The molecule has 12 heavy (non-hydrogen) atoms. The molecule has 1 amide bonds. The summed E-state index contributed by atoms with van der Waals surface area (Å²) in [5.74, 6) is 0.315. The van der Waals surface area contributed by atoms with Crippen molar-refractivity contribution >= 4 is 5.91 Å². The average Bonchev–Trinajstić information content (AvgIpc) is 1.81. The summed E-state index contributed by atoms with van der Waals surface area (Å²) in [6, 6.07) is 0. The van der Waals surface area contributed by atoms with Gasteiger partial charge < -0.3 is 9.64 Å².